The Hall–Kier alpha value is -1.88. The lowest BCUT2D eigenvalue weighted by Gasteiger charge is -2.22. The van der Waals surface area contributed by atoms with Crippen molar-refractivity contribution in [2.24, 2.45) is 0 Å². The summed E-state index contributed by atoms with van der Waals surface area (Å²) in [5.41, 5.74) is 1.17. The standard InChI is InChI=1S/C16H22N2O3/c1-11(2)21-16(20)12-6-8-13(9-7-12)18-15(19)14-5-3-4-10-17-14/h6-9,11,14,17H,3-5,10H2,1-2H3,(H,18,19)/t14-/m1/s1. The van der Waals surface area contributed by atoms with Gasteiger partial charge in [0.2, 0.25) is 5.91 Å². The summed E-state index contributed by atoms with van der Waals surface area (Å²) in [7, 11) is 0. The van der Waals surface area contributed by atoms with Crippen LogP contribution in [0.15, 0.2) is 24.3 Å². The Bertz CT molecular complexity index is 491. The van der Waals surface area contributed by atoms with E-state index in [1.165, 1.54) is 0 Å². The van der Waals surface area contributed by atoms with E-state index in [9.17, 15) is 9.59 Å². The Balaban J connectivity index is 1.92. The first-order valence-corrected chi connectivity index (χ1v) is 7.41. The summed E-state index contributed by atoms with van der Waals surface area (Å²) in [6.45, 7) is 4.51. The van der Waals surface area contributed by atoms with Crippen LogP contribution in [0.2, 0.25) is 0 Å². The minimum atomic E-state index is -0.350. The van der Waals surface area contributed by atoms with Gasteiger partial charge in [-0.05, 0) is 57.5 Å². The van der Waals surface area contributed by atoms with Crippen LogP contribution in [0, 0.1) is 0 Å². The monoisotopic (exact) mass is 290 g/mol. The third kappa shape index (κ3) is 4.56. The number of benzene rings is 1. The van der Waals surface area contributed by atoms with Crippen molar-refractivity contribution in [1.29, 1.82) is 0 Å². The molecule has 0 saturated carbocycles. The summed E-state index contributed by atoms with van der Waals surface area (Å²) in [6.07, 6.45) is 2.92. The molecule has 21 heavy (non-hydrogen) atoms. The van der Waals surface area contributed by atoms with Gasteiger partial charge in [-0.25, -0.2) is 4.79 Å². The van der Waals surface area contributed by atoms with E-state index in [4.69, 9.17) is 4.74 Å². The van der Waals surface area contributed by atoms with Gasteiger partial charge >= 0.3 is 5.97 Å². The molecular weight excluding hydrogens is 268 g/mol. The molecule has 1 fully saturated rings. The van der Waals surface area contributed by atoms with E-state index < -0.39 is 0 Å². The van der Waals surface area contributed by atoms with Crippen LogP contribution in [0.1, 0.15) is 43.5 Å². The highest BCUT2D eigenvalue weighted by Crippen LogP contribution is 2.14. The van der Waals surface area contributed by atoms with Crippen LogP contribution in [0.25, 0.3) is 0 Å². The van der Waals surface area contributed by atoms with Crippen LogP contribution in [-0.4, -0.2) is 30.6 Å². The molecule has 5 heteroatoms. The maximum absolute atomic E-state index is 12.1. The molecule has 1 aliphatic rings. The van der Waals surface area contributed by atoms with Crippen molar-refractivity contribution < 1.29 is 14.3 Å². The summed E-state index contributed by atoms with van der Waals surface area (Å²) >= 11 is 0. The van der Waals surface area contributed by atoms with Gasteiger partial charge in [-0.15, -0.1) is 0 Å². The third-order valence-corrected chi connectivity index (χ3v) is 3.36. The van der Waals surface area contributed by atoms with Crippen molar-refractivity contribution in [3.63, 3.8) is 0 Å². The average Bonchev–Trinajstić information content (AvgIpc) is 2.48. The number of rotatable bonds is 4. The Labute approximate surface area is 125 Å². The predicted octanol–water partition coefficient (Wildman–Crippen LogP) is 2.33. The molecule has 2 N–H and O–H groups in total. The minimum absolute atomic E-state index is 0.0211. The van der Waals surface area contributed by atoms with Crippen LogP contribution >= 0.6 is 0 Å². The SMILES string of the molecule is CC(C)OC(=O)c1ccc(NC(=O)[C@H]2CCCCN2)cc1. The molecule has 1 amide bonds. The van der Waals surface area contributed by atoms with E-state index in [1.807, 2.05) is 13.8 Å². The number of esters is 1. The molecule has 1 aliphatic heterocycles. The zero-order valence-electron chi connectivity index (χ0n) is 12.5. The molecule has 1 atom stereocenters. The first-order valence-electron chi connectivity index (χ1n) is 7.41. The molecule has 114 valence electrons. The zero-order valence-corrected chi connectivity index (χ0v) is 12.5. The molecule has 1 heterocycles. The summed E-state index contributed by atoms with van der Waals surface area (Å²) in [5, 5.41) is 6.07. The van der Waals surface area contributed by atoms with Crippen LogP contribution in [0.5, 0.6) is 0 Å². The number of carbonyl (C=O) groups excluding carboxylic acids is 2. The Morgan fingerprint density at radius 1 is 1.24 bits per heavy atom. The lowest BCUT2D eigenvalue weighted by molar-refractivity contribution is -0.118. The second-order valence-corrected chi connectivity index (χ2v) is 5.52. The van der Waals surface area contributed by atoms with Gasteiger partial charge in [0.25, 0.3) is 0 Å². The summed E-state index contributed by atoms with van der Waals surface area (Å²) in [4.78, 5) is 23.8. The third-order valence-electron chi connectivity index (χ3n) is 3.36. The highest BCUT2D eigenvalue weighted by molar-refractivity contribution is 5.95. The largest absolute Gasteiger partial charge is 0.459 e. The molecule has 0 bridgehead atoms. The number of carbonyl (C=O) groups is 2. The lowest BCUT2D eigenvalue weighted by atomic mass is 10.0. The lowest BCUT2D eigenvalue weighted by Crippen LogP contribution is -2.43. The van der Waals surface area contributed by atoms with Gasteiger partial charge in [0.15, 0.2) is 0 Å². The van der Waals surface area contributed by atoms with E-state index in [1.54, 1.807) is 24.3 Å². The molecule has 1 aromatic carbocycles. The Morgan fingerprint density at radius 3 is 2.52 bits per heavy atom. The van der Waals surface area contributed by atoms with Crippen LogP contribution in [0.3, 0.4) is 0 Å². The number of nitrogens with one attached hydrogen (secondary N) is 2. The summed E-state index contributed by atoms with van der Waals surface area (Å²) in [5.74, 6) is -0.371. The van der Waals surface area contributed by atoms with E-state index in [2.05, 4.69) is 10.6 Å². The van der Waals surface area contributed by atoms with Crippen molar-refractivity contribution >= 4 is 17.6 Å². The predicted molar refractivity (Wildman–Crippen MR) is 81.3 cm³/mol. The molecule has 1 aromatic rings. The quantitative estimate of drug-likeness (QED) is 0.835. The normalized spacial score (nSPS) is 18.3. The first-order chi connectivity index (χ1) is 10.1. The fourth-order valence-electron chi connectivity index (χ4n) is 2.28. The summed E-state index contributed by atoms with van der Waals surface area (Å²) < 4.78 is 5.12. The smallest absolute Gasteiger partial charge is 0.338 e. The summed E-state index contributed by atoms with van der Waals surface area (Å²) in [6, 6.07) is 6.64. The maximum atomic E-state index is 12.1. The van der Waals surface area contributed by atoms with Crippen molar-refractivity contribution in [1.82, 2.24) is 5.32 Å². The van der Waals surface area contributed by atoms with Gasteiger partial charge in [0.1, 0.15) is 0 Å². The number of ether oxygens (including phenoxy) is 1. The van der Waals surface area contributed by atoms with Crippen LogP contribution in [-0.2, 0) is 9.53 Å². The van der Waals surface area contributed by atoms with Gasteiger partial charge in [-0.1, -0.05) is 6.42 Å². The van der Waals surface area contributed by atoms with E-state index in [0.717, 1.165) is 25.8 Å². The molecule has 2 rings (SSSR count). The second kappa shape index (κ2) is 7.22. The second-order valence-electron chi connectivity index (χ2n) is 5.52. The zero-order chi connectivity index (χ0) is 15.2. The number of amides is 1. The molecule has 0 radical (unpaired) electrons. The number of anilines is 1. The number of hydrogen-bond acceptors (Lipinski definition) is 4. The van der Waals surface area contributed by atoms with E-state index in [0.29, 0.717) is 11.3 Å². The topological polar surface area (TPSA) is 67.4 Å². The van der Waals surface area contributed by atoms with Crippen molar-refractivity contribution in [3.05, 3.63) is 29.8 Å². The molecule has 0 aromatic heterocycles. The fraction of sp³-hybridized carbons (Fsp3) is 0.500. The van der Waals surface area contributed by atoms with E-state index >= 15 is 0 Å². The van der Waals surface area contributed by atoms with E-state index in [-0.39, 0.29) is 24.0 Å². The van der Waals surface area contributed by atoms with Gasteiger partial charge < -0.3 is 15.4 Å². The highest BCUT2D eigenvalue weighted by Gasteiger charge is 2.20. The van der Waals surface area contributed by atoms with Crippen molar-refractivity contribution in [3.8, 4) is 0 Å². The van der Waals surface area contributed by atoms with Gasteiger partial charge in [0, 0.05) is 5.69 Å². The first kappa shape index (κ1) is 15.5. The minimum Gasteiger partial charge on any atom is -0.459 e. The molecular formula is C16H22N2O3. The number of piperidine rings is 1. The molecule has 1 saturated heterocycles. The average molecular weight is 290 g/mol. The van der Waals surface area contributed by atoms with Gasteiger partial charge in [0.05, 0.1) is 17.7 Å². The van der Waals surface area contributed by atoms with Crippen molar-refractivity contribution in [2.75, 3.05) is 11.9 Å². The fourth-order valence-corrected chi connectivity index (χ4v) is 2.28. The molecule has 0 aliphatic carbocycles. The van der Waals surface area contributed by atoms with Gasteiger partial charge in [-0.3, -0.25) is 4.79 Å². The Morgan fingerprint density at radius 2 is 1.95 bits per heavy atom. The Kier molecular flexibility index (Phi) is 5.33. The number of hydrogen-bond donors (Lipinski definition) is 2. The van der Waals surface area contributed by atoms with Crippen molar-refractivity contribution in [2.45, 2.75) is 45.3 Å². The highest BCUT2D eigenvalue weighted by atomic mass is 16.5. The van der Waals surface area contributed by atoms with Gasteiger partial charge in [-0.2, -0.15) is 0 Å². The molecule has 0 spiro atoms. The molecule has 0 unspecified atom stereocenters. The molecule has 5 nitrogen and oxygen atoms in total. The van der Waals surface area contributed by atoms with Crippen LogP contribution < -0.4 is 10.6 Å². The van der Waals surface area contributed by atoms with Crippen LogP contribution in [0.4, 0.5) is 5.69 Å². The maximum Gasteiger partial charge on any atom is 0.338 e.